The summed E-state index contributed by atoms with van der Waals surface area (Å²) in [7, 11) is 0. The molecule has 0 amide bonds. The topological polar surface area (TPSA) is 55.2 Å². The number of nitrogens with zero attached hydrogens (tertiary/aromatic N) is 1. The van der Waals surface area contributed by atoms with Gasteiger partial charge in [0.2, 0.25) is 0 Å². The monoisotopic (exact) mass is 276 g/mol. The van der Waals surface area contributed by atoms with Crippen LogP contribution in [-0.2, 0) is 6.54 Å². The van der Waals surface area contributed by atoms with E-state index in [2.05, 4.69) is 12.2 Å². The maximum absolute atomic E-state index is 10.9. The molecule has 4 nitrogen and oxygen atoms in total. The van der Waals surface area contributed by atoms with Crippen molar-refractivity contribution in [2.75, 3.05) is 6.54 Å². The molecule has 1 fully saturated rings. The first-order valence-corrected chi connectivity index (χ1v) is 7.51. The lowest BCUT2D eigenvalue weighted by molar-refractivity contribution is -0.385. The second kappa shape index (κ2) is 6.84. The minimum Gasteiger partial charge on any atom is -0.312 e. The zero-order valence-corrected chi connectivity index (χ0v) is 12.4. The van der Waals surface area contributed by atoms with Gasteiger partial charge in [-0.25, -0.2) is 0 Å². The van der Waals surface area contributed by atoms with Crippen molar-refractivity contribution in [2.45, 2.75) is 46.1 Å². The van der Waals surface area contributed by atoms with Gasteiger partial charge in [-0.1, -0.05) is 31.9 Å². The van der Waals surface area contributed by atoms with E-state index in [1.165, 1.54) is 25.7 Å². The fourth-order valence-corrected chi connectivity index (χ4v) is 3.22. The Balaban J connectivity index is 1.88. The second-order valence-electron chi connectivity index (χ2n) is 6.09. The largest absolute Gasteiger partial charge is 0.312 e. The van der Waals surface area contributed by atoms with Crippen molar-refractivity contribution in [3.8, 4) is 0 Å². The van der Waals surface area contributed by atoms with Crippen molar-refractivity contribution in [3.05, 3.63) is 39.4 Å². The van der Waals surface area contributed by atoms with Gasteiger partial charge in [-0.05, 0) is 43.7 Å². The molecule has 0 aromatic heterocycles. The molecular weight excluding hydrogens is 252 g/mol. The molecule has 2 unspecified atom stereocenters. The summed E-state index contributed by atoms with van der Waals surface area (Å²) in [6.07, 6.45) is 5.32. The Morgan fingerprint density at radius 2 is 2.20 bits per heavy atom. The van der Waals surface area contributed by atoms with Crippen molar-refractivity contribution in [1.82, 2.24) is 5.32 Å². The van der Waals surface area contributed by atoms with Crippen LogP contribution in [0.3, 0.4) is 0 Å². The summed E-state index contributed by atoms with van der Waals surface area (Å²) in [5, 5.41) is 14.4. The van der Waals surface area contributed by atoms with E-state index in [0.717, 1.165) is 36.1 Å². The smallest absolute Gasteiger partial charge is 0.272 e. The van der Waals surface area contributed by atoms with Gasteiger partial charge in [0.15, 0.2) is 0 Å². The highest BCUT2D eigenvalue weighted by molar-refractivity contribution is 5.44. The zero-order chi connectivity index (χ0) is 14.5. The summed E-state index contributed by atoms with van der Waals surface area (Å²) in [6.45, 7) is 5.90. The van der Waals surface area contributed by atoms with Gasteiger partial charge in [0.1, 0.15) is 0 Å². The lowest BCUT2D eigenvalue weighted by Crippen LogP contribution is -2.26. The van der Waals surface area contributed by atoms with Crippen LogP contribution in [0.4, 0.5) is 5.69 Å². The fourth-order valence-electron chi connectivity index (χ4n) is 3.22. The Morgan fingerprint density at radius 1 is 1.40 bits per heavy atom. The van der Waals surface area contributed by atoms with Gasteiger partial charge in [0.05, 0.1) is 4.92 Å². The molecule has 0 aliphatic heterocycles. The molecule has 0 radical (unpaired) electrons. The van der Waals surface area contributed by atoms with E-state index < -0.39 is 0 Å². The fraction of sp³-hybridized carbons (Fsp3) is 0.625. The summed E-state index contributed by atoms with van der Waals surface area (Å²) < 4.78 is 0. The number of hydrogen-bond donors (Lipinski definition) is 1. The van der Waals surface area contributed by atoms with Crippen molar-refractivity contribution in [1.29, 1.82) is 0 Å². The van der Waals surface area contributed by atoms with E-state index in [1.807, 2.05) is 13.0 Å². The van der Waals surface area contributed by atoms with Gasteiger partial charge in [-0.15, -0.1) is 0 Å². The maximum Gasteiger partial charge on any atom is 0.272 e. The van der Waals surface area contributed by atoms with Crippen LogP contribution in [0.25, 0.3) is 0 Å². The summed E-state index contributed by atoms with van der Waals surface area (Å²) in [5.41, 5.74) is 2.03. The van der Waals surface area contributed by atoms with E-state index in [-0.39, 0.29) is 10.6 Å². The van der Waals surface area contributed by atoms with Crippen LogP contribution >= 0.6 is 0 Å². The van der Waals surface area contributed by atoms with Crippen LogP contribution in [0.2, 0.25) is 0 Å². The van der Waals surface area contributed by atoms with Gasteiger partial charge < -0.3 is 5.32 Å². The third kappa shape index (κ3) is 3.79. The minimum absolute atomic E-state index is 0.218. The number of nitro benzene ring substituents is 1. The van der Waals surface area contributed by atoms with Crippen LogP contribution in [-0.4, -0.2) is 11.5 Å². The van der Waals surface area contributed by atoms with E-state index >= 15 is 0 Å². The Hall–Kier alpha value is -1.42. The van der Waals surface area contributed by atoms with E-state index in [9.17, 15) is 10.1 Å². The quantitative estimate of drug-likeness (QED) is 0.657. The average Bonchev–Trinajstić information content (AvgIpc) is 2.40. The Kier molecular flexibility index (Phi) is 5.12. The highest BCUT2D eigenvalue weighted by Gasteiger charge is 2.18. The molecule has 1 aromatic rings. The van der Waals surface area contributed by atoms with Crippen LogP contribution in [0.1, 0.15) is 43.7 Å². The standard InChI is InChI=1S/C16H24N2O2/c1-12-5-3-6-14(9-12)10-17-11-15-7-4-8-16(13(15)2)18(19)20/h4,7-8,12,14,17H,3,5-6,9-11H2,1-2H3. The Morgan fingerprint density at radius 3 is 2.90 bits per heavy atom. The number of benzene rings is 1. The van der Waals surface area contributed by atoms with E-state index in [4.69, 9.17) is 0 Å². The summed E-state index contributed by atoms with van der Waals surface area (Å²) in [5.74, 6) is 1.60. The van der Waals surface area contributed by atoms with Crippen LogP contribution in [0.15, 0.2) is 18.2 Å². The number of rotatable bonds is 5. The first kappa shape index (κ1) is 15.0. The molecule has 2 atom stereocenters. The Labute approximate surface area is 120 Å². The van der Waals surface area contributed by atoms with Gasteiger partial charge >= 0.3 is 0 Å². The van der Waals surface area contributed by atoms with E-state index in [0.29, 0.717) is 0 Å². The minimum atomic E-state index is -0.304. The first-order chi connectivity index (χ1) is 9.58. The number of hydrogen-bond acceptors (Lipinski definition) is 3. The molecule has 1 aromatic carbocycles. The van der Waals surface area contributed by atoms with Crippen molar-refractivity contribution in [3.63, 3.8) is 0 Å². The maximum atomic E-state index is 10.9. The summed E-state index contributed by atoms with van der Waals surface area (Å²) in [4.78, 5) is 10.6. The molecule has 0 bridgehead atoms. The molecule has 1 aliphatic rings. The molecule has 4 heteroatoms. The molecule has 1 saturated carbocycles. The number of nitro groups is 1. The van der Waals surface area contributed by atoms with Gasteiger partial charge in [0.25, 0.3) is 5.69 Å². The highest BCUT2D eigenvalue weighted by Crippen LogP contribution is 2.28. The molecule has 20 heavy (non-hydrogen) atoms. The van der Waals surface area contributed by atoms with Gasteiger partial charge in [0, 0.05) is 18.2 Å². The summed E-state index contributed by atoms with van der Waals surface area (Å²) in [6, 6.07) is 5.31. The molecule has 0 spiro atoms. The van der Waals surface area contributed by atoms with Crippen molar-refractivity contribution in [2.24, 2.45) is 11.8 Å². The third-order valence-electron chi connectivity index (χ3n) is 4.41. The lowest BCUT2D eigenvalue weighted by Gasteiger charge is -2.27. The normalized spacial score (nSPS) is 22.7. The molecule has 2 rings (SSSR count). The summed E-state index contributed by atoms with van der Waals surface area (Å²) >= 11 is 0. The third-order valence-corrected chi connectivity index (χ3v) is 4.41. The van der Waals surface area contributed by atoms with Crippen LogP contribution in [0.5, 0.6) is 0 Å². The molecular formula is C16H24N2O2. The van der Waals surface area contributed by atoms with Crippen LogP contribution < -0.4 is 5.32 Å². The van der Waals surface area contributed by atoms with Gasteiger partial charge in [-0.2, -0.15) is 0 Å². The zero-order valence-electron chi connectivity index (χ0n) is 12.4. The molecule has 1 N–H and O–H groups in total. The predicted octanol–water partition coefficient (Wildman–Crippen LogP) is 3.82. The second-order valence-corrected chi connectivity index (χ2v) is 6.09. The Bertz CT molecular complexity index is 474. The van der Waals surface area contributed by atoms with Gasteiger partial charge in [-0.3, -0.25) is 10.1 Å². The highest BCUT2D eigenvalue weighted by atomic mass is 16.6. The lowest BCUT2D eigenvalue weighted by atomic mass is 9.82. The van der Waals surface area contributed by atoms with Crippen molar-refractivity contribution >= 4 is 5.69 Å². The van der Waals surface area contributed by atoms with E-state index in [1.54, 1.807) is 12.1 Å². The average molecular weight is 276 g/mol. The molecule has 0 heterocycles. The molecule has 0 saturated heterocycles. The predicted molar refractivity (Wildman–Crippen MR) is 80.7 cm³/mol. The van der Waals surface area contributed by atoms with Crippen LogP contribution in [0, 0.1) is 28.9 Å². The molecule has 1 aliphatic carbocycles. The van der Waals surface area contributed by atoms with Crippen molar-refractivity contribution < 1.29 is 4.92 Å². The number of nitrogens with one attached hydrogen (secondary N) is 1. The first-order valence-electron chi connectivity index (χ1n) is 7.51. The molecule has 110 valence electrons. The SMILES string of the molecule is Cc1c(CNCC2CCCC(C)C2)cccc1[N+](=O)[O-].